The molecule has 1 atom stereocenters. The average molecular weight is 278 g/mol. The summed E-state index contributed by atoms with van der Waals surface area (Å²) in [6.45, 7) is 1.55. The molecule has 0 radical (unpaired) electrons. The number of nitrogens with one attached hydrogen (secondary N) is 1. The first-order chi connectivity index (χ1) is 9.32. The largest absolute Gasteiger partial charge is 0.481 e. The van der Waals surface area contributed by atoms with E-state index in [1.807, 2.05) is 0 Å². The van der Waals surface area contributed by atoms with Gasteiger partial charge in [-0.05, 0) is 18.2 Å². The quantitative estimate of drug-likeness (QED) is 0.835. The van der Waals surface area contributed by atoms with Crippen LogP contribution in [0.25, 0.3) is 0 Å². The zero-order chi connectivity index (χ0) is 15.3. The van der Waals surface area contributed by atoms with E-state index < -0.39 is 17.8 Å². The summed E-state index contributed by atoms with van der Waals surface area (Å²) in [4.78, 5) is 35.8. The minimum atomic E-state index is -0.971. The number of aliphatic carboxylic acids is 1. The first-order valence-electron chi connectivity index (χ1n) is 6.15. The molecular formula is C14H18N2O4. The van der Waals surface area contributed by atoms with Gasteiger partial charge in [0.1, 0.15) is 0 Å². The third-order valence-electron chi connectivity index (χ3n) is 2.77. The van der Waals surface area contributed by atoms with Crippen molar-refractivity contribution in [3.63, 3.8) is 0 Å². The Morgan fingerprint density at radius 2 is 1.85 bits per heavy atom. The van der Waals surface area contributed by atoms with Gasteiger partial charge in [0.25, 0.3) is 11.8 Å². The van der Waals surface area contributed by atoms with Crippen molar-refractivity contribution in [2.24, 2.45) is 5.92 Å². The van der Waals surface area contributed by atoms with Crippen molar-refractivity contribution < 1.29 is 19.5 Å². The fourth-order valence-electron chi connectivity index (χ4n) is 1.49. The normalized spacial score (nSPS) is 11.6. The van der Waals surface area contributed by atoms with Crippen molar-refractivity contribution in [1.82, 2.24) is 10.2 Å². The van der Waals surface area contributed by atoms with E-state index in [-0.39, 0.29) is 12.5 Å². The van der Waals surface area contributed by atoms with Crippen molar-refractivity contribution in [1.29, 1.82) is 0 Å². The highest BCUT2D eigenvalue weighted by Gasteiger charge is 2.15. The van der Waals surface area contributed by atoms with E-state index in [0.29, 0.717) is 11.1 Å². The van der Waals surface area contributed by atoms with Crippen LogP contribution in [0.3, 0.4) is 0 Å². The minimum absolute atomic E-state index is 0.0417. The van der Waals surface area contributed by atoms with Gasteiger partial charge in [0.05, 0.1) is 5.92 Å². The van der Waals surface area contributed by atoms with Crippen LogP contribution in [0.5, 0.6) is 0 Å². The van der Waals surface area contributed by atoms with Crippen molar-refractivity contribution in [3.8, 4) is 0 Å². The molecule has 0 aliphatic rings. The topological polar surface area (TPSA) is 86.7 Å². The second-order valence-corrected chi connectivity index (χ2v) is 4.73. The summed E-state index contributed by atoms with van der Waals surface area (Å²) in [6, 6.07) is 6.31. The first kappa shape index (κ1) is 15.7. The van der Waals surface area contributed by atoms with Crippen molar-refractivity contribution in [2.45, 2.75) is 6.92 Å². The maximum absolute atomic E-state index is 11.9. The Bertz CT molecular complexity index is 526. The molecule has 2 amide bonds. The smallest absolute Gasteiger partial charge is 0.308 e. The van der Waals surface area contributed by atoms with Gasteiger partial charge in [0.2, 0.25) is 0 Å². The molecule has 1 unspecified atom stereocenters. The lowest BCUT2D eigenvalue weighted by atomic mass is 10.1. The molecular weight excluding hydrogens is 260 g/mol. The monoisotopic (exact) mass is 278 g/mol. The van der Waals surface area contributed by atoms with E-state index in [1.165, 1.54) is 17.9 Å². The molecule has 6 nitrogen and oxygen atoms in total. The summed E-state index contributed by atoms with van der Waals surface area (Å²) in [5, 5.41) is 11.3. The highest BCUT2D eigenvalue weighted by atomic mass is 16.4. The van der Waals surface area contributed by atoms with Crippen LogP contribution in [-0.4, -0.2) is 48.4 Å². The van der Waals surface area contributed by atoms with Gasteiger partial charge in [-0.2, -0.15) is 0 Å². The summed E-state index contributed by atoms with van der Waals surface area (Å²) in [5.74, 6) is -2.22. The molecule has 6 heteroatoms. The number of amides is 2. The van der Waals surface area contributed by atoms with Crippen molar-refractivity contribution in [2.75, 3.05) is 20.6 Å². The Kier molecular flexibility index (Phi) is 5.25. The van der Waals surface area contributed by atoms with Crippen LogP contribution in [0.2, 0.25) is 0 Å². The molecule has 0 aliphatic carbocycles. The number of carbonyl (C=O) groups is 3. The van der Waals surface area contributed by atoms with Gasteiger partial charge in [0, 0.05) is 31.8 Å². The van der Waals surface area contributed by atoms with E-state index in [0.717, 1.165) is 0 Å². The lowest BCUT2D eigenvalue weighted by Crippen LogP contribution is -2.31. The molecule has 0 aromatic heterocycles. The van der Waals surface area contributed by atoms with Gasteiger partial charge in [-0.15, -0.1) is 0 Å². The van der Waals surface area contributed by atoms with Crippen LogP contribution in [-0.2, 0) is 4.79 Å². The van der Waals surface area contributed by atoms with Gasteiger partial charge < -0.3 is 15.3 Å². The van der Waals surface area contributed by atoms with E-state index in [4.69, 9.17) is 5.11 Å². The van der Waals surface area contributed by atoms with Crippen LogP contribution in [0, 0.1) is 5.92 Å². The SMILES string of the molecule is CC(CNC(=O)c1cccc(C(=O)N(C)C)c1)C(=O)O. The fraction of sp³-hybridized carbons (Fsp3) is 0.357. The third kappa shape index (κ3) is 4.08. The molecule has 0 spiro atoms. The molecule has 0 fully saturated rings. The molecule has 1 rings (SSSR count). The summed E-state index contributed by atoms with van der Waals surface area (Å²) in [7, 11) is 3.26. The van der Waals surface area contributed by atoms with Crippen LogP contribution >= 0.6 is 0 Å². The number of hydrogen-bond donors (Lipinski definition) is 2. The lowest BCUT2D eigenvalue weighted by molar-refractivity contribution is -0.140. The van der Waals surface area contributed by atoms with Gasteiger partial charge in [-0.25, -0.2) is 0 Å². The molecule has 0 saturated carbocycles. The second-order valence-electron chi connectivity index (χ2n) is 4.73. The molecule has 0 aliphatic heterocycles. The summed E-state index contributed by atoms with van der Waals surface area (Å²) >= 11 is 0. The van der Waals surface area contributed by atoms with Gasteiger partial charge in [-0.3, -0.25) is 14.4 Å². The van der Waals surface area contributed by atoms with Gasteiger partial charge in [0.15, 0.2) is 0 Å². The van der Waals surface area contributed by atoms with Crippen LogP contribution in [0.1, 0.15) is 27.6 Å². The number of benzene rings is 1. The number of rotatable bonds is 5. The number of carboxylic acid groups (broad SMARTS) is 1. The Morgan fingerprint density at radius 1 is 1.25 bits per heavy atom. The molecule has 1 aromatic rings. The van der Waals surface area contributed by atoms with E-state index in [2.05, 4.69) is 5.32 Å². The summed E-state index contributed by atoms with van der Waals surface area (Å²) in [6.07, 6.45) is 0. The maximum Gasteiger partial charge on any atom is 0.308 e. The number of carboxylic acids is 1. The minimum Gasteiger partial charge on any atom is -0.481 e. The molecule has 0 heterocycles. The zero-order valence-corrected chi connectivity index (χ0v) is 11.7. The van der Waals surface area contributed by atoms with Crippen LogP contribution < -0.4 is 5.32 Å². The van der Waals surface area contributed by atoms with Crippen LogP contribution in [0.4, 0.5) is 0 Å². The van der Waals surface area contributed by atoms with Crippen molar-refractivity contribution in [3.05, 3.63) is 35.4 Å². The van der Waals surface area contributed by atoms with E-state index >= 15 is 0 Å². The molecule has 1 aromatic carbocycles. The summed E-state index contributed by atoms with van der Waals surface area (Å²) in [5.41, 5.74) is 0.740. The third-order valence-corrected chi connectivity index (χ3v) is 2.77. The Morgan fingerprint density at radius 3 is 2.40 bits per heavy atom. The van der Waals surface area contributed by atoms with E-state index in [1.54, 1.807) is 32.3 Å². The highest BCUT2D eigenvalue weighted by Crippen LogP contribution is 2.07. The number of hydrogen-bond acceptors (Lipinski definition) is 3. The number of carbonyl (C=O) groups excluding carboxylic acids is 2. The predicted molar refractivity (Wildman–Crippen MR) is 73.6 cm³/mol. The van der Waals surface area contributed by atoms with Gasteiger partial charge in [-0.1, -0.05) is 13.0 Å². The Balaban J connectivity index is 2.77. The number of nitrogens with zero attached hydrogens (tertiary/aromatic N) is 1. The first-order valence-corrected chi connectivity index (χ1v) is 6.15. The molecule has 108 valence electrons. The summed E-state index contributed by atoms with van der Waals surface area (Å²) < 4.78 is 0. The fourth-order valence-corrected chi connectivity index (χ4v) is 1.49. The average Bonchev–Trinajstić information content (AvgIpc) is 2.43. The maximum atomic E-state index is 11.9. The van der Waals surface area contributed by atoms with Crippen molar-refractivity contribution >= 4 is 17.8 Å². The molecule has 0 saturated heterocycles. The Hall–Kier alpha value is -2.37. The second kappa shape index (κ2) is 6.70. The molecule has 2 N–H and O–H groups in total. The zero-order valence-electron chi connectivity index (χ0n) is 11.7. The highest BCUT2D eigenvalue weighted by molar-refractivity contribution is 5.99. The van der Waals surface area contributed by atoms with Crippen LogP contribution in [0.15, 0.2) is 24.3 Å². The van der Waals surface area contributed by atoms with Gasteiger partial charge >= 0.3 is 5.97 Å². The molecule has 0 bridgehead atoms. The molecule has 20 heavy (non-hydrogen) atoms. The lowest BCUT2D eigenvalue weighted by Gasteiger charge is -2.12. The Labute approximate surface area is 117 Å². The standard InChI is InChI=1S/C14H18N2O4/c1-9(14(19)20)8-15-12(17)10-5-4-6-11(7-10)13(18)16(2)3/h4-7,9H,8H2,1-3H3,(H,15,17)(H,19,20). The predicted octanol–water partition coefficient (Wildman–Crippen LogP) is 0.839. The van der Waals surface area contributed by atoms with E-state index in [9.17, 15) is 14.4 Å².